The smallest absolute Gasteiger partial charge is 0.285 e. The quantitative estimate of drug-likeness (QED) is 0.848. The number of nitrogens with zero attached hydrogens (tertiary/aromatic N) is 2. The zero-order valence-corrected chi connectivity index (χ0v) is 11.5. The summed E-state index contributed by atoms with van der Waals surface area (Å²) in [7, 11) is -3.76. The molecule has 1 atom stereocenters. The van der Waals surface area contributed by atoms with Crippen LogP contribution in [0.3, 0.4) is 0 Å². The number of hydroxylamine groups is 2. The van der Waals surface area contributed by atoms with E-state index in [9.17, 15) is 13.6 Å². The Balaban J connectivity index is 2.61. The molecule has 0 amide bonds. The van der Waals surface area contributed by atoms with Crippen LogP contribution in [0.15, 0.2) is 27.5 Å². The maximum absolute atomic E-state index is 11.8. The van der Waals surface area contributed by atoms with Gasteiger partial charge in [0.25, 0.3) is 10.0 Å². The van der Waals surface area contributed by atoms with E-state index in [-0.39, 0.29) is 27.4 Å². The molecule has 1 N–H and O–H groups in total. The van der Waals surface area contributed by atoms with Gasteiger partial charge >= 0.3 is 0 Å². The van der Waals surface area contributed by atoms with Crippen LogP contribution in [-0.4, -0.2) is 30.6 Å². The first-order valence-electron chi connectivity index (χ1n) is 5.50. The van der Waals surface area contributed by atoms with Crippen LogP contribution in [0, 0.1) is 0 Å². The molecule has 1 unspecified atom stereocenters. The second-order valence-corrected chi connectivity index (χ2v) is 6.08. The number of halogens is 1. The van der Waals surface area contributed by atoms with E-state index in [1.54, 1.807) is 19.1 Å². The van der Waals surface area contributed by atoms with Crippen molar-refractivity contribution in [2.45, 2.75) is 31.2 Å². The zero-order valence-electron chi connectivity index (χ0n) is 9.96. The second kappa shape index (κ2) is 4.53. The molecule has 0 radical (unpaired) electrons. The van der Waals surface area contributed by atoms with Crippen molar-refractivity contribution >= 4 is 27.5 Å². The summed E-state index contributed by atoms with van der Waals surface area (Å²) >= 11 is 6.00. The minimum Gasteiger partial charge on any atom is -0.287 e. The first-order chi connectivity index (χ1) is 8.38. The number of benzene rings is 1. The van der Waals surface area contributed by atoms with Gasteiger partial charge in [0.05, 0.1) is 16.6 Å². The molecule has 5 nitrogen and oxygen atoms in total. The summed E-state index contributed by atoms with van der Waals surface area (Å²) < 4.78 is 27.3. The first kappa shape index (κ1) is 13.3. The van der Waals surface area contributed by atoms with E-state index in [1.165, 1.54) is 6.07 Å². The number of rotatable bonds is 2. The third-order valence-electron chi connectivity index (χ3n) is 2.91. The van der Waals surface area contributed by atoms with Crippen molar-refractivity contribution < 1.29 is 13.6 Å². The maximum Gasteiger partial charge on any atom is 0.285 e. The Morgan fingerprint density at radius 3 is 2.78 bits per heavy atom. The highest BCUT2D eigenvalue weighted by Crippen LogP contribution is 2.33. The summed E-state index contributed by atoms with van der Waals surface area (Å²) in [5.74, 6) is -0.00931. The minimum absolute atomic E-state index is 0.00931. The second-order valence-electron chi connectivity index (χ2n) is 4.10. The number of sulfonamides is 1. The van der Waals surface area contributed by atoms with Gasteiger partial charge in [0, 0.05) is 0 Å². The lowest BCUT2D eigenvalue weighted by Crippen LogP contribution is -2.35. The van der Waals surface area contributed by atoms with Crippen LogP contribution in [0.25, 0.3) is 0 Å². The normalized spacial score (nSPS) is 18.1. The zero-order chi connectivity index (χ0) is 13.5. The lowest BCUT2D eigenvalue weighted by Gasteiger charge is -2.23. The highest BCUT2D eigenvalue weighted by atomic mass is 35.5. The van der Waals surface area contributed by atoms with Gasteiger partial charge in [-0.1, -0.05) is 24.6 Å². The Morgan fingerprint density at radius 2 is 2.17 bits per heavy atom. The lowest BCUT2D eigenvalue weighted by molar-refractivity contribution is -0.0477. The van der Waals surface area contributed by atoms with E-state index in [0.29, 0.717) is 6.42 Å². The van der Waals surface area contributed by atoms with Crippen LogP contribution in [0.5, 0.6) is 0 Å². The van der Waals surface area contributed by atoms with E-state index < -0.39 is 10.0 Å². The third kappa shape index (κ3) is 2.00. The van der Waals surface area contributed by atoms with Gasteiger partial charge in [0.15, 0.2) is 5.84 Å². The molecule has 0 saturated heterocycles. The van der Waals surface area contributed by atoms with Crippen molar-refractivity contribution in [3.63, 3.8) is 0 Å². The van der Waals surface area contributed by atoms with Crippen molar-refractivity contribution in [2.24, 2.45) is 4.40 Å². The molecule has 7 heteroatoms. The van der Waals surface area contributed by atoms with Gasteiger partial charge in [-0.3, -0.25) is 5.21 Å². The van der Waals surface area contributed by atoms with E-state index in [0.717, 1.165) is 5.06 Å². The van der Waals surface area contributed by atoms with E-state index >= 15 is 0 Å². The van der Waals surface area contributed by atoms with Crippen LogP contribution in [0.1, 0.15) is 25.8 Å². The van der Waals surface area contributed by atoms with E-state index in [4.69, 9.17) is 11.6 Å². The van der Waals surface area contributed by atoms with Crippen molar-refractivity contribution in [1.82, 2.24) is 5.06 Å². The molecule has 1 aromatic carbocycles. The average Bonchev–Trinajstić information content (AvgIpc) is 2.61. The van der Waals surface area contributed by atoms with Crippen LogP contribution < -0.4 is 0 Å². The molecule has 98 valence electrons. The Bertz CT molecular complexity index is 613. The van der Waals surface area contributed by atoms with Crippen molar-refractivity contribution in [3.8, 4) is 0 Å². The summed E-state index contributed by atoms with van der Waals surface area (Å²) in [6.45, 7) is 3.65. The summed E-state index contributed by atoms with van der Waals surface area (Å²) in [4.78, 5) is 0.0346. The largest absolute Gasteiger partial charge is 0.287 e. The summed E-state index contributed by atoms with van der Waals surface area (Å²) in [6, 6.07) is 4.29. The fourth-order valence-electron chi connectivity index (χ4n) is 1.68. The topological polar surface area (TPSA) is 70.0 Å². The van der Waals surface area contributed by atoms with Crippen LogP contribution >= 0.6 is 11.6 Å². The summed E-state index contributed by atoms with van der Waals surface area (Å²) in [6.07, 6.45) is 0.648. The monoisotopic (exact) mass is 288 g/mol. The Kier molecular flexibility index (Phi) is 3.35. The molecule has 0 spiro atoms. The standard InChI is InChI=1S/C11H13ClN2O3S/c1-3-7(2)14(15)11-10-8(12)5-4-6-9(10)18(16,17)13-11/h4-7,15H,3H2,1-2H3. The molecular formula is C11H13ClN2O3S. The molecule has 1 heterocycles. The lowest BCUT2D eigenvalue weighted by atomic mass is 10.1. The van der Waals surface area contributed by atoms with Gasteiger partial charge in [0.2, 0.25) is 0 Å². The van der Waals surface area contributed by atoms with Crippen LogP contribution in [0.2, 0.25) is 5.02 Å². The number of hydrogen-bond donors (Lipinski definition) is 1. The minimum atomic E-state index is -3.76. The van der Waals surface area contributed by atoms with E-state index in [1.807, 2.05) is 6.92 Å². The highest BCUT2D eigenvalue weighted by Gasteiger charge is 2.34. The highest BCUT2D eigenvalue weighted by molar-refractivity contribution is 7.90. The Hall–Kier alpha value is -1.11. The molecule has 0 fully saturated rings. The maximum atomic E-state index is 11.8. The van der Waals surface area contributed by atoms with Gasteiger partial charge in [-0.2, -0.15) is 8.42 Å². The van der Waals surface area contributed by atoms with Gasteiger partial charge < -0.3 is 0 Å². The first-order valence-corrected chi connectivity index (χ1v) is 7.32. The summed E-state index contributed by atoms with van der Waals surface area (Å²) in [5.41, 5.74) is 0.266. The number of hydrogen-bond acceptors (Lipinski definition) is 4. The molecule has 0 saturated carbocycles. The molecule has 0 bridgehead atoms. The van der Waals surface area contributed by atoms with Gasteiger partial charge in [-0.25, -0.2) is 5.06 Å². The van der Waals surface area contributed by atoms with Gasteiger partial charge in [-0.05, 0) is 25.5 Å². The Labute approximate surface area is 111 Å². The third-order valence-corrected chi connectivity index (χ3v) is 4.53. The molecule has 1 aromatic rings. The molecule has 2 rings (SSSR count). The Morgan fingerprint density at radius 1 is 1.50 bits per heavy atom. The molecule has 1 aliphatic heterocycles. The van der Waals surface area contributed by atoms with E-state index in [2.05, 4.69) is 4.40 Å². The fraction of sp³-hybridized carbons (Fsp3) is 0.364. The SMILES string of the molecule is CCC(C)N(O)C1=NS(=O)(=O)c2cccc(Cl)c21. The van der Waals surface area contributed by atoms with Gasteiger partial charge in [-0.15, -0.1) is 4.40 Å². The van der Waals surface area contributed by atoms with Crippen molar-refractivity contribution in [1.29, 1.82) is 0 Å². The molecule has 0 aromatic heterocycles. The predicted octanol–water partition coefficient (Wildman–Crippen LogP) is 2.28. The molecule has 0 aliphatic carbocycles. The van der Waals surface area contributed by atoms with Crippen LogP contribution in [-0.2, 0) is 10.0 Å². The molecule has 1 aliphatic rings. The number of amidine groups is 1. The average molecular weight is 289 g/mol. The fourth-order valence-corrected chi connectivity index (χ4v) is 3.21. The van der Waals surface area contributed by atoms with Crippen molar-refractivity contribution in [2.75, 3.05) is 0 Å². The molecule has 18 heavy (non-hydrogen) atoms. The van der Waals surface area contributed by atoms with Crippen molar-refractivity contribution in [3.05, 3.63) is 28.8 Å². The van der Waals surface area contributed by atoms with Gasteiger partial charge in [0.1, 0.15) is 4.90 Å². The van der Waals surface area contributed by atoms with Crippen LogP contribution in [0.4, 0.5) is 0 Å². The number of fused-ring (bicyclic) bond motifs is 1. The molecular weight excluding hydrogens is 276 g/mol. The predicted molar refractivity (Wildman–Crippen MR) is 68.6 cm³/mol. The summed E-state index contributed by atoms with van der Waals surface area (Å²) in [5, 5.41) is 11.1.